The second kappa shape index (κ2) is 8.72. The second-order valence-electron chi connectivity index (χ2n) is 6.29. The standard InChI is InChI=1S/C20H22ClN3O2/c21-16-8-3-6-15(14-16)7-4-11-19(25)22-12-5-13-24-18-10-2-1-9-17(18)23-20(24)26/h1-3,6,8-10,14H,4-5,7,11-13H2,(H,22,25)(H,23,26). The van der Waals surface area contributed by atoms with Crippen molar-refractivity contribution in [3.8, 4) is 0 Å². The maximum atomic E-state index is 12.0. The quantitative estimate of drug-likeness (QED) is 0.595. The van der Waals surface area contributed by atoms with E-state index in [1.165, 1.54) is 0 Å². The first-order valence-electron chi connectivity index (χ1n) is 8.82. The van der Waals surface area contributed by atoms with Crippen LogP contribution in [0.25, 0.3) is 11.0 Å². The Kier molecular flexibility index (Phi) is 6.12. The zero-order valence-corrected chi connectivity index (χ0v) is 15.3. The van der Waals surface area contributed by atoms with E-state index >= 15 is 0 Å². The molecule has 136 valence electrons. The Balaban J connectivity index is 1.38. The Morgan fingerprint density at radius 2 is 1.96 bits per heavy atom. The van der Waals surface area contributed by atoms with E-state index in [1.807, 2.05) is 48.5 Å². The van der Waals surface area contributed by atoms with Crippen LogP contribution < -0.4 is 11.0 Å². The molecule has 0 saturated heterocycles. The Morgan fingerprint density at radius 1 is 1.12 bits per heavy atom. The number of aromatic nitrogens is 2. The summed E-state index contributed by atoms with van der Waals surface area (Å²) in [6.07, 6.45) is 2.81. The molecule has 26 heavy (non-hydrogen) atoms. The average Bonchev–Trinajstić information content (AvgIpc) is 2.94. The minimum atomic E-state index is -0.112. The van der Waals surface area contributed by atoms with Crippen LogP contribution in [0.4, 0.5) is 0 Å². The summed E-state index contributed by atoms with van der Waals surface area (Å²) >= 11 is 5.95. The van der Waals surface area contributed by atoms with Crippen LogP contribution in [0.2, 0.25) is 5.02 Å². The number of amides is 1. The molecule has 3 aromatic rings. The number of nitrogens with zero attached hydrogens (tertiary/aromatic N) is 1. The van der Waals surface area contributed by atoms with Gasteiger partial charge in [-0.05, 0) is 49.1 Å². The maximum Gasteiger partial charge on any atom is 0.326 e. The topological polar surface area (TPSA) is 66.9 Å². The molecule has 0 atom stereocenters. The summed E-state index contributed by atoms with van der Waals surface area (Å²) < 4.78 is 1.71. The van der Waals surface area contributed by atoms with Gasteiger partial charge in [0.1, 0.15) is 0 Å². The highest BCUT2D eigenvalue weighted by Gasteiger charge is 2.06. The van der Waals surface area contributed by atoms with E-state index in [0.717, 1.165) is 34.5 Å². The number of aryl methyl sites for hydroxylation is 2. The molecule has 0 aliphatic heterocycles. The summed E-state index contributed by atoms with van der Waals surface area (Å²) in [7, 11) is 0. The van der Waals surface area contributed by atoms with E-state index in [-0.39, 0.29) is 11.6 Å². The third-order valence-corrected chi connectivity index (χ3v) is 4.56. The van der Waals surface area contributed by atoms with Gasteiger partial charge in [-0.3, -0.25) is 9.36 Å². The van der Waals surface area contributed by atoms with Crippen molar-refractivity contribution in [3.05, 3.63) is 69.6 Å². The number of H-pyrrole nitrogens is 1. The van der Waals surface area contributed by atoms with Crippen molar-refractivity contribution in [2.75, 3.05) is 6.54 Å². The lowest BCUT2D eigenvalue weighted by Crippen LogP contribution is -2.26. The molecule has 0 spiro atoms. The van der Waals surface area contributed by atoms with Gasteiger partial charge < -0.3 is 10.3 Å². The molecule has 0 radical (unpaired) electrons. The molecule has 3 rings (SSSR count). The van der Waals surface area contributed by atoms with Crippen LogP contribution in [-0.2, 0) is 17.8 Å². The minimum absolute atomic E-state index is 0.0401. The molecule has 0 aliphatic carbocycles. The summed E-state index contributed by atoms with van der Waals surface area (Å²) in [4.78, 5) is 26.7. The number of hydrogen-bond acceptors (Lipinski definition) is 2. The number of nitrogens with one attached hydrogen (secondary N) is 2. The normalized spacial score (nSPS) is 11.0. The zero-order valence-electron chi connectivity index (χ0n) is 14.5. The van der Waals surface area contributed by atoms with Gasteiger partial charge in [0.25, 0.3) is 0 Å². The molecule has 0 aliphatic rings. The van der Waals surface area contributed by atoms with Crippen LogP contribution in [0.5, 0.6) is 0 Å². The molecule has 2 aromatic carbocycles. The molecule has 5 nitrogen and oxygen atoms in total. The molecule has 0 saturated carbocycles. The predicted octanol–water partition coefficient (Wildman–Crippen LogP) is 3.51. The first-order valence-corrected chi connectivity index (χ1v) is 9.20. The van der Waals surface area contributed by atoms with Crippen molar-refractivity contribution in [3.63, 3.8) is 0 Å². The lowest BCUT2D eigenvalue weighted by Gasteiger charge is -2.07. The van der Waals surface area contributed by atoms with Crippen LogP contribution in [-0.4, -0.2) is 22.0 Å². The summed E-state index contributed by atoms with van der Waals surface area (Å²) in [6.45, 7) is 1.13. The molecule has 1 aromatic heterocycles. The van der Waals surface area contributed by atoms with Crippen LogP contribution in [0, 0.1) is 0 Å². The molecule has 1 amide bonds. The van der Waals surface area contributed by atoms with Crippen molar-refractivity contribution in [1.29, 1.82) is 0 Å². The van der Waals surface area contributed by atoms with Crippen LogP contribution in [0.3, 0.4) is 0 Å². The van der Waals surface area contributed by atoms with Crippen LogP contribution in [0.15, 0.2) is 53.3 Å². The van der Waals surface area contributed by atoms with Gasteiger partial charge in [-0.15, -0.1) is 0 Å². The molecule has 2 N–H and O–H groups in total. The zero-order chi connectivity index (χ0) is 18.4. The van der Waals surface area contributed by atoms with E-state index in [1.54, 1.807) is 4.57 Å². The van der Waals surface area contributed by atoms with Crippen LogP contribution in [0.1, 0.15) is 24.8 Å². The van der Waals surface area contributed by atoms with Crippen molar-refractivity contribution in [2.45, 2.75) is 32.2 Å². The maximum absolute atomic E-state index is 12.0. The number of benzene rings is 2. The number of fused-ring (bicyclic) bond motifs is 1. The molecule has 6 heteroatoms. The van der Waals surface area contributed by atoms with E-state index in [9.17, 15) is 9.59 Å². The number of para-hydroxylation sites is 2. The van der Waals surface area contributed by atoms with Gasteiger partial charge in [0.2, 0.25) is 5.91 Å². The molecule has 0 unspecified atom stereocenters. The van der Waals surface area contributed by atoms with Crippen molar-refractivity contribution in [1.82, 2.24) is 14.9 Å². The molecular weight excluding hydrogens is 350 g/mol. The number of carbonyl (C=O) groups is 1. The average molecular weight is 372 g/mol. The monoisotopic (exact) mass is 371 g/mol. The summed E-state index contributed by atoms with van der Waals surface area (Å²) in [5.74, 6) is 0.0401. The van der Waals surface area contributed by atoms with E-state index < -0.39 is 0 Å². The van der Waals surface area contributed by atoms with E-state index in [2.05, 4.69) is 10.3 Å². The number of rotatable bonds is 8. The number of imidazole rings is 1. The predicted molar refractivity (Wildman–Crippen MR) is 105 cm³/mol. The Labute approximate surface area is 157 Å². The summed E-state index contributed by atoms with van der Waals surface area (Å²) in [6, 6.07) is 15.3. The van der Waals surface area contributed by atoms with Gasteiger partial charge in [-0.1, -0.05) is 35.9 Å². The molecular formula is C20H22ClN3O2. The third-order valence-electron chi connectivity index (χ3n) is 4.32. The fraction of sp³-hybridized carbons (Fsp3) is 0.300. The van der Waals surface area contributed by atoms with Gasteiger partial charge in [0, 0.05) is 24.5 Å². The first kappa shape index (κ1) is 18.3. The van der Waals surface area contributed by atoms with Gasteiger partial charge in [0.05, 0.1) is 11.0 Å². The summed E-state index contributed by atoms with van der Waals surface area (Å²) in [5.41, 5.74) is 2.76. The van der Waals surface area contributed by atoms with Gasteiger partial charge in [-0.25, -0.2) is 4.79 Å². The molecule has 0 bridgehead atoms. The Morgan fingerprint density at radius 3 is 2.81 bits per heavy atom. The van der Waals surface area contributed by atoms with Crippen molar-refractivity contribution in [2.24, 2.45) is 0 Å². The fourth-order valence-corrected chi connectivity index (χ4v) is 3.24. The van der Waals surface area contributed by atoms with E-state index in [4.69, 9.17) is 11.6 Å². The Hall–Kier alpha value is -2.53. The van der Waals surface area contributed by atoms with Crippen molar-refractivity contribution < 1.29 is 4.79 Å². The number of aromatic amines is 1. The Bertz CT molecular complexity index is 945. The number of carbonyl (C=O) groups excluding carboxylic acids is 1. The highest BCUT2D eigenvalue weighted by atomic mass is 35.5. The lowest BCUT2D eigenvalue weighted by molar-refractivity contribution is -0.121. The highest BCUT2D eigenvalue weighted by Crippen LogP contribution is 2.13. The largest absolute Gasteiger partial charge is 0.356 e. The van der Waals surface area contributed by atoms with Gasteiger partial charge in [-0.2, -0.15) is 0 Å². The van der Waals surface area contributed by atoms with Gasteiger partial charge in [0.15, 0.2) is 0 Å². The fourth-order valence-electron chi connectivity index (χ4n) is 3.03. The minimum Gasteiger partial charge on any atom is -0.356 e. The highest BCUT2D eigenvalue weighted by molar-refractivity contribution is 6.30. The third kappa shape index (κ3) is 4.76. The number of halogens is 1. The first-order chi connectivity index (χ1) is 12.6. The van der Waals surface area contributed by atoms with Crippen molar-refractivity contribution >= 4 is 28.5 Å². The van der Waals surface area contributed by atoms with Gasteiger partial charge >= 0.3 is 5.69 Å². The second-order valence-corrected chi connectivity index (χ2v) is 6.72. The lowest BCUT2D eigenvalue weighted by atomic mass is 10.1. The smallest absolute Gasteiger partial charge is 0.326 e. The molecule has 0 fully saturated rings. The summed E-state index contributed by atoms with van der Waals surface area (Å²) in [5, 5.41) is 3.64. The SMILES string of the molecule is O=C(CCCc1cccc(Cl)c1)NCCCn1c(=O)[nH]c2ccccc21. The van der Waals surface area contributed by atoms with E-state index in [0.29, 0.717) is 25.9 Å². The van der Waals surface area contributed by atoms with Crippen LogP contribution >= 0.6 is 11.6 Å². The number of hydrogen-bond donors (Lipinski definition) is 2. The molecule has 1 heterocycles.